The molecule has 0 saturated carbocycles. The van der Waals surface area contributed by atoms with Crippen LogP contribution < -0.4 is 5.32 Å². The number of hydrogen-bond acceptors (Lipinski definition) is 3. The van der Waals surface area contributed by atoms with Crippen LogP contribution in [0.25, 0.3) is 0 Å². The molecule has 3 nitrogen and oxygen atoms in total. The minimum Gasteiger partial charge on any atom is -0.312 e. The van der Waals surface area contributed by atoms with Crippen molar-refractivity contribution in [1.29, 1.82) is 0 Å². The maximum absolute atomic E-state index is 4.59. The fourth-order valence-corrected chi connectivity index (χ4v) is 2.64. The maximum Gasteiger partial charge on any atom is 0.125 e. The monoisotopic (exact) mass is 247 g/mol. The molecule has 1 heterocycles. The van der Waals surface area contributed by atoms with Crippen molar-refractivity contribution in [2.75, 3.05) is 6.54 Å². The van der Waals surface area contributed by atoms with Crippen molar-refractivity contribution in [1.82, 2.24) is 15.3 Å². The van der Waals surface area contributed by atoms with E-state index in [0.717, 1.165) is 31.1 Å². The van der Waals surface area contributed by atoms with Gasteiger partial charge in [-0.15, -0.1) is 0 Å². The van der Waals surface area contributed by atoms with E-state index in [4.69, 9.17) is 0 Å². The number of fused-ring (bicyclic) bond motifs is 1. The third kappa shape index (κ3) is 3.29. The van der Waals surface area contributed by atoms with Crippen molar-refractivity contribution in [2.45, 2.75) is 59.4 Å². The number of aryl methyl sites for hydroxylation is 3. The molecule has 1 atom stereocenters. The van der Waals surface area contributed by atoms with Crippen LogP contribution in [0.15, 0.2) is 0 Å². The van der Waals surface area contributed by atoms with Crippen LogP contribution in [0.4, 0.5) is 0 Å². The van der Waals surface area contributed by atoms with E-state index in [9.17, 15) is 0 Å². The van der Waals surface area contributed by atoms with Gasteiger partial charge in [-0.1, -0.05) is 0 Å². The predicted molar refractivity (Wildman–Crippen MR) is 74.8 cm³/mol. The summed E-state index contributed by atoms with van der Waals surface area (Å²) in [6.45, 7) is 11.9. The molecule has 100 valence electrons. The van der Waals surface area contributed by atoms with Crippen LogP contribution in [0, 0.1) is 19.8 Å². The van der Waals surface area contributed by atoms with Gasteiger partial charge < -0.3 is 5.32 Å². The number of hydrogen-bond donors (Lipinski definition) is 1. The summed E-state index contributed by atoms with van der Waals surface area (Å²) in [4.78, 5) is 9.09. The van der Waals surface area contributed by atoms with Crippen LogP contribution in [0.2, 0.25) is 0 Å². The van der Waals surface area contributed by atoms with Gasteiger partial charge in [-0.25, -0.2) is 9.97 Å². The first kappa shape index (κ1) is 13.5. The molecule has 1 aliphatic rings. The van der Waals surface area contributed by atoms with Crippen LogP contribution >= 0.6 is 0 Å². The van der Waals surface area contributed by atoms with E-state index in [2.05, 4.69) is 43.0 Å². The molecular weight excluding hydrogens is 222 g/mol. The zero-order valence-electron chi connectivity index (χ0n) is 12.3. The Morgan fingerprint density at radius 1 is 1.22 bits per heavy atom. The van der Waals surface area contributed by atoms with E-state index in [1.165, 1.54) is 23.4 Å². The summed E-state index contributed by atoms with van der Waals surface area (Å²) in [5, 5.41) is 3.61. The van der Waals surface area contributed by atoms with Gasteiger partial charge in [0.05, 0.1) is 0 Å². The Kier molecular flexibility index (Phi) is 3.71. The van der Waals surface area contributed by atoms with Gasteiger partial charge in [0, 0.05) is 16.9 Å². The van der Waals surface area contributed by atoms with Crippen LogP contribution in [0.3, 0.4) is 0 Å². The zero-order chi connectivity index (χ0) is 13.3. The Morgan fingerprint density at radius 3 is 2.61 bits per heavy atom. The predicted octanol–water partition coefficient (Wildman–Crippen LogP) is 2.59. The topological polar surface area (TPSA) is 37.8 Å². The number of aromatic nitrogens is 2. The summed E-state index contributed by atoms with van der Waals surface area (Å²) in [5.74, 6) is 1.64. The molecule has 1 aliphatic carbocycles. The molecule has 0 amide bonds. The van der Waals surface area contributed by atoms with Gasteiger partial charge in [0.25, 0.3) is 0 Å². The largest absolute Gasteiger partial charge is 0.312 e. The van der Waals surface area contributed by atoms with Gasteiger partial charge in [0.15, 0.2) is 0 Å². The summed E-state index contributed by atoms with van der Waals surface area (Å²) in [5.41, 5.74) is 4.07. The van der Waals surface area contributed by atoms with Gasteiger partial charge in [0.2, 0.25) is 0 Å². The molecule has 2 rings (SSSR count). The second-order valence-electron chi connectivity index (χ2n) is 6.52. The molecule has 0 fully saturated rings. The average Bonchev–Trinajstić information content (AvgIpc) is 2.25. The van der Waals surface area contributed by atoms with Crippen molar-refractivity contribution in [3.63, 3.8) is 0 Å². The van der Waals surface area contributed by atoms with E-state index in [1.807, 2.05) is 6.92 Å². The number of nitrogens with zero attached hydrogens (tertiary/aromatic N) is 2. The molecule has 3 heteroatoms. The first-order valence-electron chi connectivity index (χ1n) is 6.93. The smallest absolute Gasteiger partial charge is 0.125 e. The molecule has 0 aromatic carbocycles. The molecule has 1 aromatic rings. The molecule has 1 aromatic heterocycles. The summed E-state index contributed by atoms with van der Waals surface area (Å²) in [6.07, 6.45) is 3.48. The summed E-state index contributed by atoms with van der Waals surface area (Å²) >= 11 is 0. The fourth-order valence-electron chi connectivity index (χ4n) is 2.64. The lowest BCUT2D eigenvalue weighted by Crippen LogP contribution is -2.40. The SMILES string of the molecule is Cc1nc(C)c2c(n1)CCC(CNC(C)(C)C)C2. The van der Waals surface area contributed by atoms with Crippen molar-refractivity contribution in [3.05, 3.63) is 22.8 Å². The molecule has 18 heavy (non-hydrogen) atoms. The van der Waals surface area contributed by atoms with Crippen LogP contribution in [0.5, 0.6) is 0 Å². The van der Waals surface area contributed by atoms with Gasteiger partial charge >= 0.3 is 0 Å². The third-order valence-electron chi connectivity index (χ3n) is 3.61. The lowest BCUT2D eigenvalue weighted by Gasteiger charge is -2.29. The van der Waals surface area contributed by atoms with Crippen LogP contribution in [0.1, 0.15) is 50.0 Å². The van der Waals surface area contributed by atoms with Crippen molar-refractivity contribution in [2.24, 2.45) is 5.92 Å². The Balaban J connectivity index is 2.06. The van der Waals surface area contributed by atoms with Crippen LogP contribution in [-0.4, -0.2) is 22.1 Å². The van der Waals surface area contributed by atoms with E-state index in [1.54, 1.807) is 0 Å². The van der Waals surface area contributed by atoms with Crippen LogP contribution in [-0.2, 0) is 12.8 Å². The summed E-state index contributed by atoms with van der Waals surface area (Å²) in [6, 6.07) is 0. The second-order valence-corrected chi connectivity index (χ2v) is 6.52. The van der Waals surface area contributed by atoms with Gasteiger partial charge in [-0.05, 0) is 71.9 Å². The summed E-state index contributed by atoms with van der Waals surface area (Å²) in [7, 11) is 0. The minimum absolute atomic E-state index is 0.207. The molecule has 0 saturated heterocycles. The zero-order valence-corrected chi connectivity index (χ0v) is 12.3. The molecule has 0 spiro atoms. The van der Waals surface area contributed by atoms with E-state index < -0.39 is 0 Å². The highest BCUT2D eigenvalue weighted by molar-refractivity contribution is 5.28. The van der Waals surface area contributed by atoms with Gasteiger partial charge in [-0.2, -0.15) is 0 Å². The molecular formula is C15H25N3. The summed E-state index contributed by atoms with van der Waals surface area (Å²) < 4.78 is 0. The Labute approximate surface area is 110 Å². The molecule has 0 aliphatic heterocycles. The first-order chi connectivity index (χ1) is 8.35. The Bertz CT molecular complexity index is 432. The maximum atomic E-state index is 4.59. The van der Waals surface area contributed by atoms with E-state index in [-0.39, 0.29) is 5.54 Å². The Morgan fingerprint density at radius 2 is 1.94 bits per heavy atom. The fraction of sp³-hybridized carbons (Fsp3) is 0.733. The molecule has 1 unspecified atom stereocenters. The molecule has 1 N–H and O–H groups in total. The van der Waals surface area contributed by atoms with Crippen molar-refractivity contribution in [3.8, 4) is 0 Å². The quantitative estimate of drug-likeness (QED) is 0.873. The highest BCUT2D eigenvalue weighted by atomic mass is 14.9. The average molecular weight is 247 g/mol. The second kappa shape index (κ2) is 4.96. The van der Waals surface area contributed by atoms with Gasteiger partial charge in [-0.3, -0.25) is 0 Å². The number of nitrogens with one attached hydrogen (secondary N) is 1. The lowest BCUT2D eigenvalue weighted by molar-refractivity contribution is 0.346. The minimum atomic E-state index is 0.207. The first-order valence-corrected chi connectivity index (χ1v) is 6.93. The standard InChI is InChI=1S/C15H25N3/c1-10-13-8-12(9-16-15(3,4)5)6-7-14(13)18-11(2)17-10/h12,16H,6-9H2,1-5H3. The Hall–Kier alpha value is -0.960. The number of rotatable bonds is 2. The molecule has 0 radical (unpaired) electrons. The third-order valence-corrected chi connectivity index (χ3v) is 3.61. The van der Waals surface area contributed by atoms with Crippen molar-refractivity contribution >= 4 is 0 Å². The molecule has 0 bridgehead atoms. The lowest BCUT2D eigenvalue weighted by atomic mass is 9.85. The van der Waals surface area contributed by atoms with Crippen molar-refractivity contribution < 1.29 is 0 Å². The highest BCUT2D eigenvalue weighted by Crippen LogP contribution is 2.26. The van der Waals surface area contributed by atoms with E-state index >= 15 is 0 Å². The highest BCUT2D eigenvalue weighted by Gasteiger charge is 2.23. The normalized spacial score (nSPS) is 19.7. The van der Waals surface area contributed by atoms with Gasteiger partial charge in [0.1, 0.15) is 5.82 Å². The van der Waals surface area contributed by atoms with E-state index in [0.29, 0.717) is 0 Å².